The first-order valence-corrected chi connectivity index (χ1v) is 7.35. The molecule has 5 nitrogen and oxygen atoms in total. The summed E-state index contributed by atoms with van der Waals surface area (Å²) in [6.45, 7) is 3.43. The van der Waals surface area contributed by atoms with E-state index < -0.39 is 0 Å². The highest BCUT2D eigenvalue weighted by Gasteiger charge is 2.29. The Kier molecular flexibility index (Phi) is 5.59. The molecule has 1 aliphatic rings. The van der Waals surface area contributed by atoms with E-state index in [4.69, 9.17) is 10.00 Å². The van der Waals surface area contributed by atoms with Crippen molar-refractivity contribution in [1.82, 2.24) is 5.32 Å². The largest absolute Gasteiger partial charge is 0.493 e. The molecule has 21 heavy (non-hydrogen) atoms. The molecule has 1 aromatic rings. The molecule has 5 heteroatoms. The van der Waals surface area contributed by atoms with Crippen molar-refractivity contribution in [3.05, 3.63) is 24.3 Å². The van der Waals surface area contributed by atoms with Gasteiger partial charge in [-0.15, -0.1) is 0 Å². The fourth-order valence-electron chi connectivity index (χ4n) is 2.46. The maximum absolute atomic E-state index is 12.2. The van der Waals surface area contributed by atoms with Crippen molar-refractivity contribution in [2.75, 3.05) is 18.5 Å². The van der Waals surface area contributed by atoms with Crippen molar-refractivity contribution in [2.24, 2.45) is 5.92 Å². The molecule has 0 aromatic heterocycles. The number of nitriles is 1. The van der Waals surface area contributed by atoms with Crippen LogP contribution >= 0.6 is 0 Å². The van der Waals surface area contributed by atoms with Gasteiger partial charge in [-0.1, -0.05) is 6.07 Å². The molecule has 1 fully saturated rings. The van der Waals surface area contributed by atoms with Crippen molar-refractivity contribution in [1.29, 1.82) is 5.26 Å². The fraction of sp³-hybridized carbons (Fsp3) is 0.500. The minimum Gasteiger partial charge on any atom is -0.493 e. The molecule has 0 radical (unpaired) electrons. The Morgan fingerprint density at radius 2 is 2.43 bits per heavy atom. The number of amides is 1. The second-order valence-corrected chi connectivity index (χ2v) is 5.27. The monoisotopic (exact) mass is 287 g/mol. The first kappa shape index (κ1) is 15.3. The lowest BCUT2D eigenvalue weighted by atomic mass is 10.0. The first-order chi connectivity index (χ1) is 10.2. The van der Waals surface area contributed by atoms with Crippen LogP contribution in [0.25, 0.3) is 0 Å². The zero-order valence-electron chi connectivity index (χ0n) is 12.3. The molecule has 2 atom stereocenters. The summed E-state index contributed by atoms with van der Waals surface area (Å²) >= 11 is 0. The Morgan fingerprint density at radius 1 is 1.57 bits per heavy atom. The van der Waals surface area contributed by atoms with E-state index in [1.54, 1.807) is 0 Å². The smallest absolute Gasteiger partial charge is 0.229 e. The second-order valence-electron chi connectivity index (χ2n) is 5.27. The maximum Gasteiger partial charge on any atom is 0.229 e. The number of anilines is 1. The predicted molar refractivity (Wildman–Crippen MR) is 81.0 cm³/mol. The van der Waals surface area contributed by atoms with Gasteiger partial charge in [-0.05, 0) is 38.4 Å². The lowest BCUT2D eigenvalue weighted by molar-refractivity contribution is -0.119. The summed E-state index contributed by atoms with van der Waals surface area (Å²) in [6.07, 6.45) is 2.07. The minimum absolute atomic E-state index is 0.0187. The quantitative estimate of drug-likeness (QED) is 0.787. The number of nitrogens with one attached hydrogen (secondary N) is 2. The first-order valence-electron chi connectivity index (χ1n) is 7.35. The number of carbonyl (C=O) groups is 1. The molecule has 0 bridgehead atoms. The van der Waals surface area contributed by atoms with Crippen LogP contribution in [0.2, 0.25) is 0 Å². The third kappa shape index (κ3) is 4.47. The SMILES string of the molecule is CC1NCCC1C(=O)Nc1cccc(OCCCC#N)c1. The molecule has 1 amide bonds. The highest BCUT2D eigenvalue weighted by atomic mass is 16.5. The van der Waals surface area contributed by atoms with Crippen LogP contribution < -0.4 is 15.4 Å². The summed E-state index contributed by atoms with van der Waals surface area (Å²) in [5.41, 5.74) is 0.747. The van der Waals surface area contributed by atoms with Crippen LogP contribution in [0, 0.1) is 17.2 Å². The van der Waals surface area contributed by atoms with E-state index in [0.29, 0.717) is 25.2 Å². The van der Waals surface area contributed by atoms with E-state index in [1.165, 1.54) is 0 Å². The van der Waals surface area contributed by atoms with Crippen LogP contribution in [0.4, 0.5) is 5.69 Å². The molecule has 112 valence electrons. The van der Waals surface area contributed by atoms with E-state index in [-0.39, 0.29) is 17.9 Å². The molecule has 1 aliphatic heterocycles. The van der Waals surface area contributed by atoms with Crippen molar-refractivity contribution in [3.8, 4) is 11.8 Å². The Bertz CT molecular complexity index is 524. The number of nitrogens with zero attached hydrogens (tertiary/aromatic N) is 1. The lowest BCUT2D eigenvalue weighted by Crippen LogP contribution is -2.32. The molecule has 2 N–H and O–H groups in total. The van der Waals surface area contributed by atoms with Gasteiger partial charge in [-0.3, -0.25) is 4.79 Å². The summed E-state index contributed by atoms with van der Waals surface area (Å²) in [6, 6.07) is 9.67. The summed E-state index contributed by atoms with van der Waals surface area (Å²) in [5.74, 6) is 0.780. The van der Waals surface area contributed by atoms with Crippen LogP contribution in [0.3, 0.4) is 0 Å². The normalized spacial score (nSPS) is 20.8. The molecular formula is C16H21N3O2. The van der Waals surface area contributed by atoms with Gasteiger partial charge in [0.15, 0.2) is 0 Å². The van der Waals surface area contributed by atoms with Crippen LogP contribution in [-0.2, 0) is 4.79 Å². The Morgan fingerprint density at radius 3 is 3.14 bits per heavy atom. The van der Waals surface area contributed by atoms with E-state index in [9.17, 15) is 4.79 Å². The van der Waals surface area contributed by atoms with Gasteiger partial charge in [0, 0.05) is 24.2 Å². The molecule has 0 saturated carbocycles. The number of rotatable bonds is 6. The molecule has 1 saturated heterocycles. The van der Waals surface area contributed by atoms with Crippen LogP contribution in [-0.4, -0.2) is 25.1 Å². The number of benzene rings is 1. The Labute approximate surface area is 125 Å². The lowest BCUT2D eigenvalue weighted by Gasteiger charge is -2.15. The van der Waals surface area contributed by atoms with Gasteiger partial charge >= 0.3 is 0 Å². The zero-order chi connectivity index (χ0) is 15.1. The highest BCUT2D eigenvalue weighted by Crippen LogP contribution is 2.21. The predicted octanol–water partition coefficient (Wildman–Crippen LogP) is 2.31. The summed E-state index contributed by atoms with van der Waals surface area (Å²) in [4.78, 5) is 12.2. The van der Waals surface area contributed by atoms with Gasteiger partial charge < -0.3 is 15.4 Å². The number of unbranched alkanes of at least 4 members (excludes halogenated alkanes) is 1. The molecule has 0 spiro atoms. The van der Waals surface area contributed by atoms with E-state index in [2.05, 4.69) is 16.7 Å². The maximum atomic E-state index is 12.2. The molecule has 1 aromatic carbocycles. The molecular weight excluding hydrogens is 266 g/mol. The van der Waals surface area contributed by atoms with Crippen molar-refractivity contribution in [3.63, 3.8) is 0 Å². The summed E-state index contributed by atoms with van der Waals surface area (Å²) < 4.78 is 5.56. The summed E-state index contributed by atoms with van der Waals surface area (Å²) in [5, 5.41) is 14.7. The number of hydrogen-bond donors (Lipinski definition) is 2. The second kappa shape index (κ2) is 7.65. The van der Waals surface area contributed by atoms with Gasteiger partial charge in [-0.2, -0.15) is 5.26 Å². The van der Waals surface area contributed by atoms with Crippen molar-refractivity contribution < 1.29 is 9.53 Å². The molecule has 0 aliphatic carbocycles. The number of ether oxygens (including phenoxy) is 1. The number of hydrogen-bond acceptors (Lipinski definition) is 4. The van der Waals surface area contributed by atoms with E-state index in [1.807, 2.05) is 31.2 Å². The van der Waals surface area contributed by atoms with Gasteiger partial charge in [0.25, 0.3) is 0 Å². The number of carbonyl (C=O) groups excluding carboxylic acids is 1. The third-order valence-electron chi connectivity index (χ3n) is 3.67. The topological polar surface area (TPSA) is 74.2 Å². The van der Waals surface area contributed by atoms with Crippen LogP contribution in [0.1, 0.15) is 26.2 Å². The minimum atomic E-state index is 0.0187. The van der Waals surface area contributed by atoms with E-state index in [0.717, 1.165) is 18.7 Å². The van der Waals surface area contributed by atoms with Gasteiger partial charge in [0.2, 0.25) is 5.91 Å². The van der Waals surface area contributed by atoms with Gasteiger partial charge in [0.1, 0.15) is 5.75 Å². The summed E-state index contributed by atoms with van der Waals surface area (Å²) in [7, 11) is 0. The molecule has 2 rings (SSSR count). The van der Waals surface area contributed by atoms with Gasteiger partial charge in [0.05, 0.1) is 18.6 Å². The zero-order valence-corrected chi connectivity index (χ0v) is 12.3. The Hall–Kier alpha value is -2.06. The van der Waals surface area contributed by atoms with Gasteiger partial charge in [-0.25, -0.2) is 0 Å². The Balaban J connectivity index is 1.88. The van der Waals surface area contributed by atoms with Crippen molar-refractivity contribution >= 4 is 11.6 Å². The molecule has 2 unspecified atom stereocenters. The average molecular weight is 287 g/mol. The van der Waals surface area contributed by atoms with Crippen LogP contribution in [0.5, 0.6) is 5.75 Å². The molecule has 1 heterocycles. The third-order valence-corrected chi connectivity index (χ3v) is 3.67. The van der Waals surface area contributed by atoms with Crippen molar-refractivity contribution in [2.45, 2.75) is 32.2 Å². The average Bonchev–Trinajstić information content (AvgIpc) is 2.90. The van der Waals surface area contributed by atoms with E-state index >= 15 is 0 Å². The fourth-order valence-corrected chi connectivity index (χ4v) is 2.46. The standard InChI is InChI=1S/C16H21N3O2/c1-12-15(7-9-18-12)16(20)19-13-5-4-6-14(11-13)21-10-3-2-8-17/h4-6,11-12,15,18H,2-3,7,9-10H2,1H3,(H,19,20). The highest BCUT2D eigenvalue weighted by molar-refractivity contribution is 5.93. The van der Waals surface area contributed by atoms with Crippen LogP contribution in [0.15, 0.2) is 24.3 Å².